The van der Waals surface area contributed by atoms with E-state index in [-0.39, 0.29) is 10.5 Å². The second-order valence-corrected chi connectivity index (χ2v) is 8.67. The van der Waals surface area contributed by atoms with Crippen molar-refractivity contribution < 1.29 is 8.42 Å². The number of hydrogen-bond acceptors (Lipinski definition) is 4. The van der Waals surface area contributed by atoms with Crippen molar-refractivity contribution in [2.24, 2.45) is 0 Å². The highest BCUT2D eigenvalue weighted by Gasteiger charge is 2.26. The molecule has 0 spiro atoms. The lowest BCUT2D eigenvalue weighted by Gasteiger charge is -2.25. The zero-order valence-corrected chi connectivity index (χ0v) is 14.9. The van der Waals surface area contributed by atoms with Crippen LogP contribution in [0, 0.1) is 0 Å². The van der Waals surface area contributed by atoms with Gasteiger partial charge in [0.2, 0.25) is 10.0 Å². The minimum absolute atomic E-state index is 0.0752. The number of hydrogen-bond donors (Lipinski definition) is 1. The molecule has 2 aromatic heterocycles. The van der Waals surface area contributed by atoms with E-state index in [0.29, 0.717) is 18.9 Å². The SMILES string of the molecule is O=c1c2c([nH]n1-c1ccc(S(=O)(=O)N3CCCCC3)cn1)CCCC2. The maximum Gasteiger partial charge on any atom is 0.276 e. The zero-order chi connectivity index (χ0) is 17.4. The molecule has 1 fully saturated rings. The Bertz CT molecular complexity index is 922. The van der Waals surface area contributed by atoms with Crippen LogP contribution in [-0.4, -0.2) is 40.6 Å². The summed E-state index contributed by atoms with van der Waals surface area (Å²) in [5.74, 6) is 0.428. The molecule has 1 N–H and O–H groups in total. The first-order valence-electron chi connectivity index (χ1n) is 8.87. The molecule has 0 bridgehead atoms. The minimum atomic E-state index is -3.50. The molecule has 7 nitrogen and oxygen atoms in total. The third-order valence-electron chi connectivity index (χ3n) is 5.08. The number of nitrogens with one attached hydrogen (secondary N) is 1. The van der Waals surface area contributed by atoms with Crippen LogP contribution < -0.4 is 5.56 Å². The highest BCUT2D eigenvalue weighted by molar-refractivity contribution is 7.89. The Balaban J connectivity index is 1.64. The Kier molecular flexibility index (Phi) is 4.24. The van der Waals surface area contributed by atoms with Crippen LogP contribution in [0.15, 0.2) is 28.0 Å². The van der Waals surface area contributed by atoms with E-state index in [1.54, 1.807) is 12.1 Å². The van der Waals surface area contributed by atoms with E-state index in [4.69, 9.17) is 0 Å². The quantitative estimate of drug-likeness (QED) is 0.898. The Hall–Kier alpha value is -1.93. The summed E-state index contributed by atoms with van der Waals surface area (Å²) in [4.78, 5) is 16.9. The second kappa shape index (κ2) is 6.42. The molecular weight excluding hydrogens is 340 g/mol. The molecule has 8 heteroatoms. The van der Waals surface area contributed by atoms with E-state index < -0.39 is 10.0 Å². The Morgan fingerprint density at radius 3 is 2.44 bits per heavy atom. The monoisotopic (exact) mass is 362 g/mol. The number of aromatic amines is 1. The standard InChI is InChI=1S/C17H22N4O3S/c22-17-14-6-2-3-7-15(14)19-21(17)16-9-8-13(12-18-16)25(23,24)20-10-4-1-5-11-20/h8-9,12,19H,1-7,10-11H2. The van der Waals surface area contributed by atoms with Gasteiger partial charge in [-0.2, -0.15) is 4.31 Å². The predicted octanol–water partition coefficient (Wildman–Crippen LogP) is 1.61. The van der Waals surface area contributed by atoms with Crippen LogP contribution in [0.2, 0.25) is 0 Å². The molecule has 25 heavy (non-hydrogen) atoms. The van der Waals surface area contributed by atoms with Crippen molar-refractivity contribution in [1.29, 1.82) is 0 Å². The molecule has 3 heterocycles. The molecule has 0 amide bonds. The summed E-state index contributed by atoms with van der Waals surface area (Å²) in [6.45, 7) is 1.12. The van der Waals surface area contributed by atoms with Gasteiger partial charge in [-0.1, -0.05) is 6.42 Å². The van der Waals surface area contributed by atoms with E-state index in [9.17, 15) is 13.2 Å². The van der Waals surface area contributed by atoms with Crippen LogP contribution in [0.1, 0.15) is 43.4 Å². The molecule has 2 aliphatic rings. The lowest BCUT2D eigenvalue weighted by Crippen LogP contribution is -2.35. The Morgan fingerprint density at radius 1 is 1.00 bits per heavy atom. The van der Waals surface area contributed by atoms with Gasteiger partial charge >= 0.3 is 0 Å². The normalized spacial score (nSPS) is 18.9. The smallest absolute Gasteiger partial charge is 0.276 e. The summed E-state index contributed by atoms with van der Waals surface area (Å²) >= 11 is 0. The third-order valence-corrected chi connectivity index (χ3v) is 6.96. The molecule has 0 radical (unpaired) electrons. The fourth-order valence-corrected chi connectivity index (χ4v) is 5.12. The number of pyridine rings is 1. The summed E-state index contributed by atoms with van der Waals surface area (Å²) in [7, 11) is -3.50. The summed E-state index contributed by atoms with van der Waals surface area (Å²) in [6.07, 6.45) is 7.99. The molecule has 0 atom stereocenters. The van der Waals surface area contributed by atoms with Crippen molar-refractivity contribution in [2.45, 2.75) is 49.8 Å². The molecule has 4 rings (SSSR count). The van der Waals surface area contributed by atoms with Crippen molar-refractivity contribution in [3.8, 4) is 5.82 Å². The van der Waals surface area contributed by atoms with E-state index >= 15 is 0 Å². The maximum atomic E-state index is 12.7. The number of sulfonamides is 1. The first-order chi connectivity index (χ1) is 12.1. The highest BCUT2D eigenvalue weighted by Crippen LogP contribution is 2.21. The van der Waals surface area contributed by atoms with E-state index in [1.165, 1.54) is 15.2 Å². The lowest BCUT2D eigenvalue weighted by molar-refractivity contribution is 0.346. The van der Waals surface area contributed by atoms with Crippen molar-refractivity contribution in [3.05, 3.63) is 39.9 Å². The first kappa shape index (κ1) is 16.5. The van der Waals surface area contributed by atoms with Gasteiger partial charge in [-0.05, 0) is 50.7 Å². The van der Waals surface area contributed by atoms with Gasteiger partial charge in [0.1, 0.15) is 4.90 Å². The molecule has 134 valence electrons. The molecular formula is C17H22N4O3S. The fourth-order valence-electron chi connectivity index (χ4n) is 3.66. The van der Waals surface area contributed by atoms with Crippen LogP contribution >= 0.6 is 0 Å². The third kappa shape index (κ3) is 2.93. The van der Waals surface area contributed by atoms with E-state index in [0.717, 1.165) is 56.2 Å². The summed E-state index contributed by atoms with van der Waals surface area (Å²) in [6, 6.07) is 3.14. The van der Waals surface area contributed by atoms with Crippen LogP contribution in [0.3, 0.4) is 0 Å². The van der Waals surface area contributed by atoms with Gasteiger partial charge in [0.25, 0.3) is 5.56 Å². The number of H-pyrrole nitrogens is 1. The average molecular weight is 362 g/mol. The molecule has 0 unspecified atom stereocenters. The molecule has 0 saturated carbocycles. The number of piperidine rings is 1. The van der Waals surface area contributed by atoms with Gasteiger partial charge in [-0.15, -0.1) is 0 Å². The van der Waals surface area contributed by atoms with Gasteiger partial charge in [0, 0.05) is 30.5 Å². The van der Waals surface area contributed by atoms with Gasteiger partial charge < -0.3 is 0 Å². The number of rotatable bonds is 3. The van der Waals surface area contributed by atoms with E-state index in [1.807, 2.05) is 0 Å². The van der Waals surface area contributed by atoms with E-state index in [2.05, 4.69) is 10.1 Å². The van der Waals surface area contributed by atoms with Crippen LogP contribution in [0.25, 0.3) is 5.82 Å². The molecule has 0 aromatic carbocycles. The molecule has 1 saturated heterocycles. The van der Waals surface area contributed by atoms with Gasteiger partial charge in [0.05, 0.1) is 0 Å². The number of fused-ring (bicyclic) bond motifs is 1. The second-order valence-electron chi connectivity index (χ2n) is 6.73. The van der Waals surface area contributed by atoms with Gasteiger partial charge in [-0.3, -0.25) is 9.89 Å². The van der Waals surface area contributed by atoms with Crippen molar-refractivity contribution in [1.82, 2.24) is 19.1 Å². The number of aromatic nitrogens is 3. The number of nitrogens with zero attached hydrogens (tertiary/aromatic N) is 3. The van der Waals surface area contributed by atoms with Gasteiger partial charge in [-0.25, -0.2) is 18.1 Å². The Labute approximate surface area is 146 Å². The molecule has 2 aromatic rings. The maximum absolute atomic E-state index is 12.7. The Morgan fingerprint density at radius 2 is 1.76 bits per heavy atom. The van der Waals surface area contributed by atoms with Crippen molar-refractivity contribution >= 4 is 10.0 Å². The van der Waals surface area contributed by atoms with Crippen LogP contribution in [0.4, 0.5) is 0 Å². The van der Waals surface area contributed by atoms with Crippen molar-refractivity contribution in [2.75, 3.05) is 13.1 Å². The fraction of sp³-hybridized carbons (Fsp3) is 0.529. The zero-order valence-electron chi connectivity index (χ0n) is 14.1. The molecule has 1 aliphatic heterocycles. The molecule has 1 aliphatic carbocycles. The largest absolute Gasteiger partial charge is 0.293 e. The van der Waals surface area contributed by atoms with Crippen LogP contribution in [-0.2, 0) is 22.9 Å². The minimum Gasteiger partial charge on any atom is -0.293 e. The lowest BCUT2D eigenvalue weighted by atomic mass is 9.98. The average Bonchev–Trinajstić information content (AvgIpc) is 3.00. The number of aryl methyl sites for hydroxylation is 1. The highest BCUT2D eigenvalue weighted by atomic mass is 32.2. The van der Waals surface area contributed by atoms with Crippen LogP contribution in [0.5, 0.6) is 0 Å². The topological polar surface area (TPSA) is 88.1 Å². The van der Waals surface area contributed by atoms with Crippen molar-refractivity contribution in [3.63, 3.8) is 0 Å². The first-order valence-corrected chi connectivity index (χ1v) is 10.3. The van der Waals surface area contributed by atoms with Gasteiger partial charge in [0.15, 0.2) is 5.82 Å². The predicted molar refractivity (Wildman–Crippen MR) is 93.4 cm³/mol. The summed E-state index contributed by atoms with van der Waals surface area (Å²) in [5, 5.41) is 3.12. The summed E-state index contributed by atoms with van der Waals surface area (Å²) in [5.41, 5.74) is 1.73. The summed E-state index contributed by atoms with van der Waals surface area (Å²) < 4.78 is 28.3.